The zero-order valence-electron chi connectivity index (χ0n) is 11.8. The molecular weight excluding hydrogens is 228 g/mol. The summed E-state index contributed by atoms with van der Waals surface area (Å²) in [4.78, 5) is 8.66. The van der Waals surface area contributed by atoms with Crippen molar-refractivity contribution in [3.8, 4) is 0 Å². The van der Waals surface area contributed by atoms with E-state index in [9.17, 15) is 0 Å². The maximum absolute atomic E-state index is 5.04. The van der Waals surface area contributed by atoms with Gasteiger partial charge in [0.15, 0.2) is 0 Å². The van der Waals surface area contributed by atoms with Gasteiger partial charge in [0.1, 0.15) is 18.0 Å². The van der Waals surface area contributed by atoms with Gasteiger partial charge in [0.05, 0.1) is 6.61 Å². The van der Waals surface area contributed by atoms with Gasteiger partial charge in [-0.05, 0) is 12.3 Å². The molecule has 5 heteroatoms. The Morgan fingerprint density at radius 2 is 1.78 bits per heavy atom. The first-order valence-electron chi connectivity index (χ1n) is 6.52. The zero-order chi connectivity index (χ0) is 13.4. The van der Waals surface area contributed by atoms with Crippen LogP contribution in [0.5, 0.6) is 0 Å². The number of ether oxygens (including phenoxy) is 1. The highest BCUT2D eigenvalue weighted by molar-refractivity contribution is 5.58. The average Bonchev–Trinajstić information content (AvgIpc) is 2.36. The molecule has 0 unspecified atom stereocenters. The predicted molar refractivity (Wildman–Crippen MR) is 75.3 cm³/mol. The molecular formula is C13H24N4O. The minimum absolute atomic E-state index is 0.371. The highest BCUT2D eigenvalue weighted by Crippen LogP contribution is 2.28. The Morgan fingerprint density at radius 3 is 2.28 bits per heavy atom. The number of methoxy groups -OCH3 is 1. The highest BCUT2D eigenvalue weighted by Gasteiger charge is 2.14. The second kappa shape index (κ2) is 7.87. The smallest absolute Gasteiger partial charge is 0.135 e. The van der Waals surface area contributed by atoms with Crippen LogP contribution < -0.4 is 10.6 Å². The molecule has 0 amide bonds. The molecule has 5 nitrogen and oxygen atoms in total. The Bertz CT molecular complexity index is 355. The topological polar surface area (TPSA) is 59.1 Å². The van der Waals surface area contributed by atoms with Crippen LogP contribution >= 0.6 is 0 Å². The fraction of sp³-hybridized carbons (Fsp3) is 0.692. The lowest BCUT2D eigenvalue weighted by Gasteiger charge is -2.17. The lowest BCUT2D eigenvalue weighted by Crippen LogP contribution is -2.14. The van der Waals surface area contributed by atoms with Crippen molar-refractivity contribution in [1.29, 1.82) is 0 Å². The standard InChI is InChI=1S/C13H24N4O/c1-5-6-14-12-11(10(2)3)13(17-9-16-12)15-7-8-18-4/h9-10H,5-8H2,1-4H3,(H2,14,15,16,17). The summed E-state index contributed by atoms with van der Waals surface area (Å²) in [6.45, 7) is 8.78. The molecule has 2 N–H and O–H groups in total. The molecule has 1 aromatic heterocycles. The SMILES string of the molecule is CCCNc1ncnc(NCCOC)c1C(C)C. The second-order valence-corrected chi connectivity index (χ2v) is 4.49. The van der Waals surface area contributed by atoms with Gasteiger partial charge < -0.3 is 15.4 Å². The van der Waals surface area contributed by atoms with Crippen molar-refractivity contribution in [3.63, 3.8) is 0 Å². The van der Waals surface area contributed by atoms with E-state index in [0.717, 1.165) is 36.7 Å². The molecule has 0 saturated heterocycles. The third-order valence-corrected chi connectivity index (χ3v) is 2.60. The quantitative estimate of drug-likeness (QED) is 0.696. The first kappa shape index (κ1) is 14.7. The van der Waals surface area contributed by atoms with Crippen molar-refractivity contribution < 1.29 is 4.74 Å². The minimum atomic E-state index is 0.371. The molecule has 0 atom stereocenters. The van der Waals surface area contributed by atoms with Crippen molar-refractivity contribution in [3.05, 3.63) is 11.9 Å². The van der Waals surface area contributed by atoms with E-state index in [2.05, 4.69) is 41.4 Å². The van der Waals surface area contributed by atoms with Gasteiger partial charge in [0.2, 0.25) is 0 Å². The van der Waals surface area contributed by atoms with Gasteiger partial charge in [0, 0.05) is 25.8 Å². The summed E-state index contributed by atoms with van der Waals surface area (Å²) >= 11 is 0. The van der Waals surface area contributed by atoms with Crippen LogP contribution in [0.2, 0.25) is 0 Å². The van der Waals surface area contributed by atoms with Gasteiger partial charge in [-0.25, -0.2) is 9.97 Å². The van der Waals surface area contributed by atoms with Crippen LogP contribution in [0.3, 0.4) is 0 Å². The van der Waals surface area contributed by atoms with Crippen LogP contribution in [0.25, 0.3) is 0 Å². The summed E-state index contributed by atoms with van der Waals surface area (Å²) in [6, 6.07) is 0. The maximum Gasteiger partial charge on any atom is 0.135 e. The molecule has 0 aliphatic rings. The highest BCUT2D eigenvalue weighted by atomic mass is 16.5. The molecule has 1 heterocycles. The third kappa shape index (κ3) is 4.14. The molecule has 1 aromatic rings. The fourth-order valence-electron chi connectivity index (χ4n) is 1.74. The summed E-state index contributed by atoms with van der Waals surface area (Å²) in [6.07, 6.45) is 2.67. The van der Waals surface area contributed by atoms with E-state index in [1.54, 1.807) is 13.4 Å². The van der Waals surface area contributed by atoms with Crippen molar-refractivity contribution in [2.45, 2.75) is 33.1 Å². The normalized spacial score (nSPS) is 10.7. The molecule has 0 aliphatic heterocycles. The van der Waals surface area contributed by atoms with Crippen LogP contribution in [0.1, 0.15) is 38.7 Å². The van der Waals surface area contributed by atoms with Crippen LogP contribution in [0.4, 0.5) is 11.6 Å². The maximum atomic E-state index is 5.04. The summed E-state index contributed by atoms with van der Waals surface area (Å²) in [5.74, 6) is 2.20. The number of hydrogen-bond acceptors (Lipinski definition) is 5. The van der Waals surface area contributed by atoms with Crippen molar-refractivity contribution in [1.82, 2.24) is 9.97 Å². The Balaban J connectivity index is 2.87. The lowest BCUT2D eigenvalue weighted by molar-refractivity contribution is 0.210. The molecule has 0 radical (unpaired) electrons. The number of nitrogens with one attached hydrogen (secondary N) is 2. The Hall–Kier alpha value is -1.36. The van der Waals surface area contributed by atoms with Crippen LogP contribution in [0, 0.1) is 0 Å². The van der Waals surface area contributed by atoms with E-state index in [1.165, 1.54) is 0 Å². The van der Waals surface area contributed by atoms with Gasteiger partial charge in [-0.15, -0.1) is 0 Å². The van der Waals surface area contributed by atoms with E-state index in [4.69, 9.17) is 4.74 Å². The Morgan fingerprint density at radius 1 is 1.17 bits per heavy atom. The average molecular weight is 252 g/mol. The van der Waals surface area contributed by atoms with Crippen LogP contribution in [-0.4, -0.2) is 36.8 Å². The molecule has 0 bridgehead atoms. The molecule has 1 rings (SSSR count). The summed E-state index contributed by atoms with van der Waals surface area (Å²) in [7, 11) is 1.69. The van der Waals surface area contributed by atoms with Crippen molar-refractivity contribution >= 4 is 11.6 Å². The van der Waals surface area contributed by atoms with E-state index in [1.807, 2.05) is 0 Å². The number of anilines is 2. The third-order valence-electron chi connectivity index (χ3n) is 2.60. The van der Waals surface area contributed by atoms with Crippen molar-refractivity contribution in [2.24, 2.45) is 0 Å². The predicted octanol–water partition coefficient (Wildman–Crippen LogP) is 2.48. The number of hydrogen-bond donors (Lipinski definition) is 2. The van der Waals surface area contributed by atoms with Crippen molar-refractivity contribution in [2.75, 3.05) is 37.4 Å². The van der Waals surface area contributed by atoms with E-state index < -0.39 is 0 Å². The molecule has 0 fully saturated rings. The zero-order valence-corrected chi connectivity index (χ0v) is 11.8. The molecule has 0 aliphatic carbocycles. The monoisotopic (exact) mass is 252 g/mol. The van der Waals surface area contributed by atoms with E-state index >= 15 is 0 Å². The van der Waals surface area contributed by atoms with Gasteiger partial charge in [-0.1, -0.05) is 20.8 Å². The minimum Gasteiger partial charge on any atom is -0.383 e. The molecule has 18 heavy (non-hydrogen) atoms. The van der Waals surface area contributed by atoms with Gasteiger partial charge >= 0.3 is 0 Å². The first-order chi connectivity index (χ1) is 8.70. The van der Waals surface area contributed by atoms with Crippen LogP contribution in [-0.2, 0) is 4.74 Å². The lowest BCUT2D eigenvalue weighted by atomic mass is 10.0. The van der Waals surface area contributed by atoms with Gasteiger partial charge in [-0.2, -0.15) is 0 Å². The van der Waals surface area contributed by atoms with Gasteiger partial charge in [-0.3, -0.25) is 0 Å². The summed E-state index contributed by atoms with van der Waals surface area (Å²) in [5.41, 5.74) is 1.14. The second-order valence-electron chi connectivity index (χ2n) is 4.49. The fourth-order valence-corrected chi connectivity index (χ4v) is 1.74. The van der Waals surface area contributed by atoms with E-state index in [-0.39, 0.29) is 0 Å². The largest absolute Gasteiger partial charge is 0.383 e. The molecule has 0 saturated carbocycles. The first-order valence-corrected chi connectivity index (χ1v) is 6.52. The number of rotatable bonds is 8. The Kier molecular flexibility index (Phi) is 6.43. The van der Waals surface area contributed by atoms with E-state index in [0.29, 0.717) is 12.5 Å². The molecule has 0 spiro atoms. The number of aromatic nitrogens is 2. The summed E-state index contributed by atoms with van der Waals surface area (Å²) in [5, 5.41) is 6.65. The number of nitrogens with zero attached hydrogens (tertiary/aromatic N) is 2. The summed E-state index contributed by atoms with van der Waals surface area (Å²) < 4.78 is 5.04. The van der Waals surface area contributed by atoms with Gasteiger partial charge in [0.25, 0.3) is 0 Å². The molecule has 102 valence electrons. The Labute approximate surface area is 109 Å². The van der Waals surface area contributed by atoms with Crippen LogP contribution in [0.15, 0.2) is 6.33 Å². The molecule has 0 aromatic carbocycles.